The molecule has 3 aromatic rings. The minimum Gasteiger partial charge on any atom is -0.484 e. The second-order valence-corrected chi connectivity index (χ2v) is 9.46. The number of sulfonamides is 1. The van der Waals surface area contributed by atoms with E-state index in [4.69, 9.17) is 27.9 Å². The van der Waals surface area contributed by atoms with E-state index in [2.05, 4.69) is 26.0 Å². The van der Waals surface area contributed by atoms with Crippen molar-refractivity contribution in [2.24, 2.45) is 0 Å². The number of amides is 1. The third-order valence-corrected chi connectivity index (χ3v) is 6.47. The largest absolute Gasteiger partial charge is 0.484 e. The van der Waals surface area contributed by atoms with Crippen molar-refractivity contribution in [3.8, 4) is 5.75 Å². The first-order chi connectivity index (χ1) is 14.2. The Kier molecular flexibility index (Phi) is 7.25. The summed E-state index contributed by atoms with van der Waals surface area (Å²) in [4.78, 5) is 12.0. The third-order valence-electron chi connectivity index (χ3n) is 3.80. The molecule has 0 saturated carbocycles. The van der Waals surface area contributed by atoms with Crippen LogP contribution >= 0.6 is 39.1 Å². The molecule has 2 N–H and O–H groups in total. The van der Waals surface area contributed by atoms with Gasteiger partial charge in [0.05, 0.1) is 20.6 Å². The molecule has 0 aliphatic rings. The molecule has 0 fully saturated rings. The number of rotatable bonds is 7. The molecule has 0 aromatic heterocycles. The van der Waals surface area contributed by atoms with Crippen molar-refractivity contribution in [3.05, 3.63) is 81.2 Å². The van der Waals surface area contributed by atoms with Gasteiger partial charge >= 0.3 is 0 Å². The summed E-state index contributed by atoms with van der Waals surface area (Å²) in [6.45, 7) is -0.219. The van der Waals surface area contributed by atoms with Gasteiger partial charge in [0.1, 0.15) is 5.75 Å². The number of carbonyl (C=O) groups is 1. The highest BCUT2D eigenvalue weighted by Crippen LogP contribution is 2.27. The third kappa shape index (κ3) is 6.12. The van der Waals surface area contributed by atoms with E-state index in [1.54, 1.807) is 12.1 Å². The van der Waals surface area contributed by atoms with Crippen LogP contribution < -0.4 is 14.8 Å². The lowest BCUT2D eigenvalue weighted by atomic mass is 10.3. The minimum absolute atomic E-state index is 0.0280. The molecule has 0 aliphatic heterocycles. The summed E-state index contributed by atoms with van der Waals surface area (Å²) in [7, 11) is -3.83. The summed E-state index contributed by atoms with van der Waals surface area (Å²) >= 11 is 15.1. The molecule has 30 heavy (non-hydrogen) atoms. The van der Waals surface area contributed by atoms with Gasteiger partial charge in [-0.3, -0.25) is 9.52 Å². The summed E-state index contributed by atoms with van der Waals surface area (Å²) < 4.78 is 33.8. The van der Waals surface area contributed by atoms with Crippen LogP contribution in [0.5, 0.6) is 5.75 Å². The van der Waals surface area contributed by atoms with Crippen molar-refractivity contribution in [1.29, 1.82) is 0 Å². The number of hydrogen-bond acceptors (Lipinski definition) is 4. The van der Waals surface area contributed by atoms with Crippen molar-refractivity contribution in [2.75, 3.05) is 16.6 Å². The summed E-state index contributed by atoms with van der Waals surface area (Å²) in [6, 6.07) is 17.2. The second kappa shape index (κ2) is 9.70. The number of hydrogen-bond donors (Lipinski definition) is 2. The van der Waals surface area contributed by atoms with Gasteiger partial charge in [-0.2, -0.15) is 0 Å². The zero-order chi connectivity index (χ0) is 21.7. The molecule has 0 unspecified atom stereocenters. The monoisotopic (exact) mass is 528 g/mol. The van der Waals surface area contributed by atoms with E-state index in [0.29, 0.717) is 16.5 Å². The molecular weight excluding hydrogens is 515 g/mol. The first kappa shape index (κ1) is 22.4. The number of nitrogens with one attached hydrogen (secondary N) is 2. The Labute approximate surface area is 192 Å². The van der Waals surface area contributed by atoms with Gasteiger partial charge in [0, 0.05) is 10.2 Å². The molecule has 0 bridgehead atoms. The number of halogens is 3. The Balaban J connectivity index is 1.58. The highest BCUT2D eigenvalue weighted by molar-refractivity contribution is 9.10. The van der Waals surface area contributed by atoms with Gasteiger partial charge in [0.15, 0.2) is 6.61 Å². The van der Waals surface area contributed by atoms with E-state index in [9.17, 15) is 13.2 Å². The fourth-order valence-electron chi connectivity index (χ4n) is 2.37. The normalized spacial score (nSPS) is 11.0. The molecular formula is C20H15BrCl2N2O4S. The minimum atomic E-state index is -3.83. The van der Waals surface area contributed by atoms with E-state index in [1.807, 2.05) is 12.1 Å². The number of ether oxygens (including phenoxy) is 1. The van der Waals surface area contributed by atoms with Crippen molar-refractivity contribution in [2.45, 2.75) is 4.90 Å². The molecule has 3 rings (SSSR count). The van der Waals surface area contributed by atoms with Crippen molar-refractivity contribution in [1.82, 2.24) is 0 Å². The van der Waals surface area contributed by atoms with Crippen LogP contribution in [-0.4, -0.2) is 20.9 Å². The zero-order valence-electron chi connectivity index (χ0n) is 15.2. The van der Waals surface area contributed by atoms with Gasteiger partial charge in [-0.15, -0.1) is 0 Å². The number of benzene rings is 3. The van der Waals surface area contributed by atoms with Crippen LogP contribution in [0.4, 0.5) is 11.4 Å². The fraction of sp³-hybridized carbons (Fsp3) is 0.0500. The van der Waals surface area contributed by atoms with Crippen LogP contribution in [0.15, 0.2) is 76.1 Å². The van der Waals surface area contributed by atoms with Crippen molar-refractivity contribution in [3.63, 3.8) is 0 Å². The maximum atomic E-state index is 12.5. The fourth-order valence-corrected chi connectivity index (χ4v) is 3.98. The Morgan fingerprint density at radius 3 is 2.17 bits per heavy atom. The summed E-state index contributed by atoms with van der Waals surface area (Å²) in [5.41, 5.74) is 0.927. The van der Waals surface area contributed by atoms with Crippen LogP contribution in [0.3, 0.4) is 0 Å². The van der Waals surface area contributed by atoms with Crippen LogP contribution in [0.2, 0.25) is 10.0 Å². The van der Waals surface area contributed by atoms with Crippen molar-refractivity contribution >= 4 is 66.4 Å². The summed E-state index contributed by atoms with van der Waals surface area (Å²) in [6.07, 6.45) is 0. The molecule has 156 valence electrons. The van der Waals surface area contributed by atoms with E-state index >= 15 is 0 Å². The molecule has 0 atom stereocenters. The van der Waals surface area contributed by atoms with Gasteiger partial charge in [0.25, 0.3) is 15.9 Å². The lowest BCUT2D eigenvalue weighted by Crippen LogP contribution is -2.20. The van der Waals surface area contributed by atoms with E-state index in [0.717, 1.165) is 4.47 Å². The van der Waals surface area contributed by atoms with E-state index in [-0.39, 0.29) is 28.1 Å². The maximum absolute atomic E-state index is 12.5. The van der Waals surface area contributed by atoms with Crippen LogP contribution in [0.1, 0.15) is 0 Å². The summed E-state index contributed by atoms with van der Waals surface area (Å²) in [5.74, 6) is 0.0183. The van der Waals surface area contributed by atoms with Gasteiger partial charge in [0.2, 0.25) is 0 Å². The maximum Gasteiger partial charge on any atom is 0.262 e. The van der Waals surface area contributed by atoms with Gasteiger partial charge in [-0.05, 0) is 66.7 Å². The first-order valence-electron chi connectivity index (χ1n) is 8.49. The number of carbonyl (C=O) groups excluding carboxylic acids is 1. The highest BCUT2D eigenvalue weighted by Gasteiger charge is 2.15. The molecule has 6 nitrogen and oxygen atoms in total. The van der Waals surface area contributed by atoms with Crippen LogP contribution in [0.25, 0.3) is 0 Å². The van der Waals surface area contributed by atoms with Gasteiger partial charge in [-0.1, -0.05) is 39.1 Å². The average Bonchev–Trinajstić information content (AvgIpc) is 2.71. The van der Waals surface area contributed by atoms with E-state index in [1.165, 1.54) is 42.5 Å². The summed E-state index contributed by atoms with van der Waals surface area (Å²) in [5, 5.41) is 3.26. The first-order valence-corrected chi connectivity index (χ1v) is 11.5. The Morgan fingerprint density at radius 1 is 0.900 bits per heavy atom. The molecule has 10 heteroatoms. The quantitative estimate of drug-likeness (QED) is 0.418. The Morgan fingerprint density at radius 2 is 1.53 bits per heavy atom. The Bertz CT molecular complexity index is 1150. The molecule has 0 aliphatic carbocycles. The smallest absolute Gasteiger partial charge is 0.262 e. The molecule has 1 amide bonds. The van der Waals surface area contributed by atoms with Crippen LogP contribution in [-0.2, 0) is 14.8 Å². The second-order valence-electron chi connectivity index (χ2n) is 6.05. The lowest BCUT2D eigenvalue weighted by Gasteiger charge is -2.10. The van der Waals surface area contributed by atoms with Crippen LogP contribution in [0, 0.1) is 0 Å². The molecule has 0 heterocycles. The van der Waals surface area contributed by atoms with Gasteiger partial charge < -0.3 is 10.1 Å². The zero-order valence-corrected chi connectivity index (χ0v) is 19.1. The predicted molar refractivity (Wildman–Crippen MR) is 122 cm³/mol. The SMILES string of the molecule is O=C(COc1ccc(S(=O)(=O)Nc2ccc(Cl)c(Cl)c2)cc1)Nc1ccc(Br)cc1. The Hall–Kier alpha value is -2.26. The van der Waals surface area contributed by atoms with Crippen molar-refractivity contribution < 1.29 is 17.9 Å². The highest BCUT2D eigenvalue weighted by atomic mass is 79.9. The molecule has 0 radical (unpaired) electrons. The molecule has 0 spiro atoms. The average molecular weight is 530 g/mol. The lowest BCUT2D eigenvalue weighted by molar-refractivity contribution is -0.118. The molecule has 3 aromatic carbocycles. The molecule has 0 saturated heterocycles. The number of anilines is 2. The van der Waals surface area contributed by atoms with E-state index < -0.39 is 10.0 Å². The topological polar surface area (TPSA) is 84.5 Å². The van der Waals surface area contributed by atoms with Gasteiger partial charge in [-0.25, -0.2) is 8.42 Å². The standard InChI is InChI=1S/C20H15BrCl2N2O4S/c21-13-1-3-14(4-2-13)24-20(26)12-29-16-6-8-17(9-7-16)30(27,28)25-15-5-10-18(22)19(23)11-15/h1-11,25H,12H2,(H,24,26). The predicted octanol–water partition coefficient (Wildman–Crippen LogP) is 5.57.